The van der Waals surface area contributed by atoms with Crippen molar-refractivity contribution >= 4 is 28.9 Å². The summed E-state index contributed by atoms with van der Waals surface area (Å²) in [6.45, 7) is 10.5. The first-order valence-electron chi connectivity index (χ1n) is 14.3. The average molecular weight is 630 g/mol. The lowest BCUT2D eigenvalue weighted by Crippen LogP contribution is -2.27. The number of ether oxygens (including phenoxy) is 3. The second kappa shape index (κ2) is 14.8. The van der Waals surface area contributed by atoms with Crippen LogP contribution in [0.2, 0.25) is 0 Å². The Morgan fingerprint density at radius 1 is 1.04 bits per heavy atom. The van der Waals surface area contributed by atoms with Crippen LogP contribution in [0.25, 0.3) is 11.4 Å². The van der Waals surface area contributed by atoms with Crippen molar-refractivity contribution in [2.75, 3.05) is 26.1 Å². The number of amidine groups is 1. The van der Waals surface area contributed by atoms with Gasteiger partial charge >= 0.3 is 12.1 Å². The second-order valence-corrected chi connectivity index (χ2v) is 10.0. The summed E-state index contributed by atoms with van der Waals surface area (Å²) < 4.78 is 59.7. The lowest BCUT2D eigenvalue weighted by Gasteiger charge is -2.17. The van der Waals surface area contributed by atoms with Gasteiger partial charge in [0, 0.05) is 53.5 Å². The molecule has 0 aliphatic heterocycles. The predicted molar refractivity (Wildman–Crippen MR) is 168 cm³/mol. The zero-order chi connectivity index (χ0) is 33.5. The number of anilines is 1. The molecule has 13 heteroatoms. The molecule has 1 N–H and O–H groups in total. The van der Waals surface area contributed by atoms with Crippen molar-refractivity contribution < 1.29 is 32.2 Å². The van der Waals surface area contributed by atoms with Gasteiger partial charge in [0.05, 0.1) is 20.8 Å². The SMILES string of the molecule is CCOC(=O)c1cc(C(C=C(C)CC)=C(N=C(C)Nc2cc(OC)cc(OC)c2)n2nc(C(F)(F)F)cc2C)cn(CC)c1=O. The van der Waals surface area contributed by atoms with Gasteiger partial charge < -0.3 is 24.1 Å². The maximum atomic E-state index is 13.8. The molecule has 2 aromatic heterocycles. The number of nitrogens with zero attached hydrogens (tertiary/aromatic N) is 4. The van der Waals surface area contributed by atoms with Gasteiger partial charge in [0.2, 0.25) is 0 Å². The number of hydrogen-bond donors (Lipinski definition) is 1. The van der Waals surface area contributed by atoms with Crippen molar-refractivity contribution in [1.82, 2.24) is 14.3 Å². The van der Waals surface area contributed by atoms with E-state index in [1.165, 1.54) is 38.0 Å². The molecule has 0 spiro atoms. The van der Waals surface area contributed by atoms with Crippen LogP contribution in [0.15, 0.2) is 58.0 Å². The Bertz CT molecular complexity index is 1680. The fourth-order valence-electron chi connectivity index (χ4n) is 4.32. The van der Waals surface area contributed by atoms with Crippen molar-refractivity contribution in [1.29, 1.82) is 0 Å². The van der Waals surface area contributed by atoms with Crippen LogP contribution in [-0.4, -0.2) is 47.0 Å². The van der Waals surface area contributed by atoms with Crippen LogP contribution in [0, 0.1) is 6.92 Å². The van der Waals surface area contributed by atoms with E-state index >= 15 is 0 Å². The Morgan fingerprint density at radius 2 is 1.69 bits per heavy atom. The van der Waals surface area contributed by atoms with E-state index in [2.05, 4.69) is 10.4 Å². The van der Waals surface area contributed by atoms with Crippen LogP contribution >= 0.6 is 0 Å². The van der Waals surface area contributed by atoms with Gasteiger partial charge in [-0.3, -0.25) is 4.79 Å². The van der Waals surface area contributed by atoms with Gasteiger partial charge in [-0.2, -0.15) is 18.3 Å². The Balaban J connectivity index is 2.44. The van der Waals surface area contributed by atoms with Crippen LogP contribution in [-0.2, 0) is 17.5 Å². The summed E-state index contributed by atoms with van der Waals surface area (Å²) >= 11 is 0. The van der Waals surface area contributed by atoms with E-state index < -0.39 is 23.4 Å². The number of hydrogen-bond acceptors (Lipinski definition) is 7. The molecule has 3 rings (SSSR count). The molecule has 0 fully saturated rings. The van der Waals surface area contributed by atoms with Crippen molar-refractivity contribution in [3.8, 4) is 11.5 Å². The van der Waals surface area contributed by atoms with Gasteiger partial charge in [0.25, 0.3) is 5.56 Å². The minimum atomic E-state index is -4.71. The molecule has 242 valence electrons. The topological polar surface area (TPSA) is 109 Å². The molecule has 0 aliphatic carbocycles. The van der Waals surface area contributed by atoms with Crippen LogP contribution in [0.1, 0.15) is 68.3 Å². The average Bonchev–Trinajstić information content (AvgIpc) is 3.40. The maximum absolute atomic E-state index is 13.8. The Kier molecular flexibility index (Phi) is 11.4. The summed E-state index contributed by atoms with van der Waals surface area (Å²) in [6, 6.07) is 7.40. The molecular weight excluding hydrogens is 591 g/mol. The van der Waals surface area contributed by atoms with Crippen molar-refractivity contribution in [2.24, 2.45) is 4.99 Å². The summed E-state index contributed by atoms with van der Waals surface area (Å²) in [4.78, 5) is 30.7. The molecule has 0 amide bonds. The van der Waals surface area contributed by atoms with E-state index in [1.54, 1.807) is 45.0 Å². The van der Waals surface area contributed by atoms with Crippen LogP contribution < -0.4 is 20.3 Å². The number of rotatable bonds is 11. The van der Waals surface area contributed by atoms with E-state index in [4.69, 9.17) is 19.2 Å². The third kappa shape index (κ3) is 8.43. The summed E-state index contributed by atoms with van der Waals surface area (Å²) in [5.41, 5.74) is 0.366. The number of methoxy groups -OCH3 is 2. The van der Waals surface area contributed by atoms with E-state index in [0.29, 0.717) is 40.6 Å². The number of pyridine rings is 1. The molecule has 3 aromatic rings. The van der Waals surface area contributed by atoms with Gasteiger partial charge in [-0.25, -0.2) is 14.5 Å². The highest BCUT2D eigenvalue weighted by atomic mass is 19.4. The summed E-state index contributed by atoms with van der Waals surface area (Å²) in [5, 5.41) is 7.03. The van der Waals surface area contributed by atoms with E-state index in [-0.39, 0.29) is 30.2 Å². The third-order valence-electron chi connectivity index (χ3n) is 6.75. The quantitative estimate of drug-likeness (QED) is 0.108. The highest BCUT2D eigenvalue weighted by Gasteiger charge is 2.35. The number of aromatic nitrogens is 3. The first-order chi connectivity index (χ1) is 21.3. The zero-order valence-electron chi connectivity index (χ0n) is 26.6. The molecule has 45 heavy (non-hydrogen) atoms. The van der Waals surface area contributed by atoms with Crippen molar-refractivity contribution in [3.63, 3.8) is 0 Å². The number of benzene rings is 1. The predicted octanol–water partition coefficient (Wildman–Crippen LogP) is 6.80. The number of halogens is 3. The standard InChI is InChI=1S/C32H38F3N5O5/c1-9-19(4)12-26(22-14-27(31(42)45-11-3)30(41)39(10-2)18-22)29(40-20(5)13-28(38-40)32(33,34)35)37-21(6)36-23-15-24(43-7)17-25(16-23)44-8/h12-18H,9-11H2,1-8H3,(H,36,37). The van der Waals surface area contributed by atoms with Gasteiger partial charge in [-0.05, 0) is 53.2 Å². The molecule has 0 unspecified atom stereocenters. The molecule has 0 atom stereocenters. The second-order valence-electron chi connectivity index (χ2n) is 10.0. The number of carbonyl (C=O) groups excluding carboxylic acids is 1. The fraction of sp³-hybridized carbons (Fsp3) is 0.375. The number of aliphatic imine (C=N–C) groups is 1. The first-order valence-corrected chi connectivity index (χ1v) is 14.3. The minimum absolute atomic E-state index is 0.0202. The number of carbonyl (C=O) groups is 1. The van der Waals surface area contributed by atoms with Gasteiger partial charge in [-0.1, -0.05) is 18.6 Å². The zero-order valence-corrected chi connectivity index (χ0v) is 26.6. The molecule has 1 aromatic carbocycles. The van der Waals surface area contributed by atoms with Gasteiger partial charge in [-0.15, -0.1) is 0 Å². The number of esters is 1. The molecule has 0 bridgehead atoms. The monoisotopic (exact) mass is 629 g/mol. The summed E-state index contributed by atoms with van der Waals surface area (Å²) in [6.07, 6.45) is -0.819. The van der Waals surface area contributed by atoms with E-state index in [0.717, 1.165) is 16.3 Å². The molecule has 0 saturated carbocycles. The molecule has 0 saturated heterocycles. The van der Waals surface area contributed by atoms with Crippen LogP contribution in [0.5, 0.6) is 11.5 Å². The Hall–Kier alpha value is -4.81. The van der Waals surface area contributed by atoms with Gasteiger partial charge in [0.15, 0.2) is 11.5 Å². The van der Waals surface area contributed by atoms with Crippen LogP contribution in [0.3, 0.4) is 0 Å². The molecule has 0 aliphatic rings. The minimum Gasteiger partial charge on any atom is -0.497 e. The van der Waals surface area contributed by atoms with Crippen LogP contribution in [0.4, 0.5) is 18.9 Å². The molecular formula is C32H38F3N5O5. The van der Waals surface area contributed by atoms with Gasteiger partial charge in [0.1, 0.15) is 22.9 Å². The summed E-state index contributed by atoms with van der Waals surface area (Å²) in [5.74, 6) is 0.513. The van der Waals surface area contributed by atoms with Crippen molar-refractivity contribution in [3.05, 3.63) is 81.0 Å². The van der Waals surface area contributed by atoms with E-state index in [9.17, 15) is 22.8 Å². The number of alkyl halides is 3. The highest BCUT2D eigenvalue weighted by Crippen LogP contribution is 2.33. The molecule has 2 heterocycles. The smallest absolute Gasteiger partial charge is 0.435 e. The molecule has 0 radical (unpaired) electrons. The largest absolute Gasteiger partial charge is 0.497 e. The third-order valence-corrected chi connectivity index (χ3v) is 6.75. The normalized spacial score (nSPS) is 13.0. The molecule has 10 nitrogen and oxygen atoms in total. The summed E-state index contributed by atoms with van der Waals surface area (Å²) in [7, 11) is 3.02. The maximum Gasteiger partial charge on any atom is 0.435 e. The fourth-order valence-corrected chi connectivity index (χ4v) is 4.32. The lowest BCUT2D eigenvalue weighted by atomic mass is 10.0. The Labute approximate surface area is 259 Å². The van der Waals surface area contributed by atoms with E-state index in [1.807, 2.05) is 13.8 Å². The highest BCUT2D eigenvalue weighted by molar-refractivity contribution is 6.00. The first kappa shape index (κ1) is 34.7. The van der Waals surface area contributed by atoms with Crippen molar-refractivity contribution in [2.45, 2.75) is 60.7 Å². The Morgan fingerprint density at radius 3 is 2.20 bits per heavy atom. The number of allylic oxidation sites excluding steroid dienone is 3. The number of nitrogens with one attached hydrogen (secondary N) is 1. The number of aryl methyl sites for hydroxylation is 2. The lowest BCUT2D eigenvalue weighted by molar-refractivity contribution is -0.141.